The minimum atomic E-state index is -3.89. The molecule has 2 aromatic carbocycles. The van der Waals surface area contributed by atoms with E-state index in [1.165, 1.54) is 55.5 Å². The molecule has 3 N–H and O–H groups in total. The summed E-state index contributed by atoms with van der Waals surface area (Å²) in [6.45, 7) is 4.80. The summed E-state index contributed by atoms with van der Waals surface area (Å²) >= 11 is 6.63. The van der Waals surface area contributed by atoms with Gasteiger partial charge in [0, 0.05) is 16.3 Å². The summed E-state index contributed by atoms with van der Waals surface area (Å²) < 4.78 is 37.3. The van der Waals surface area contributed by atoms with Crippen LogP contribution in [-0.2, 0) is 19.5 Å². The number of hydrogen-bond acceptors (Lipinski definition) is 9. The Morgan fingerprint density at radius 2 is 1.51 bits per heavy atom. The molecule has 0 bridgehead atoms. The molecule has 39 heavy (non-hydrogen) atoms. The highest BCUT2D eigenvalue weighted by Gasteiger charge is 2.28. The van der Waals surface area contributed by atoms with Gasteiger partial charge in [-0.3, -0.25) is 19.6 Å². The fourth-order valence-electron chi connectivity index (χ4n) is 3.28. The van der Waals surface area contributed by atoms with Gasteiger partial charge in [0.25, 0.3) is 21.8 Å². The third kappa shape index (κ3) is 7.34. The van der Waals surface area contributed by atoms with Crippen LogP contribution in [0.3, 0.4) is 0 Å². The maximum atomic E-state index is 13.0. The number of nitrogens with one attached hydrogen (secondary N) is 3. The second kappa shape index (κ2) is 12.7. The molecule has 0 aliphatic rings. The van der Waals surface area contributed by atoms with E-state index in [0.717, 1.165) is 11.3 Å². The van der Waals surface area contributed by atoms with Crippen molar-refractivity contribution < 1.29 is 37.1 Å². The highest BCUT2D eigenvalue weighted by atomic mass is 35.5. The summed E-state index contributed by atoms with van der Waals surface area (Å²) in [4.78, 5) is 50.1. The molecule has 0 aliphatic heterocycles. The molecule has 0 atom stereocenters. The molecule has 0 saturated heterocycles. The van der Waals surface area contributed by atoms with Crippen LogP contribution >= 0.6 is 22.9 Å². The van der Waals surface area contributed by atoms with Crippen molar-refractivity contribution >= 4 is 67.5 Å². The van der Waals surface area contributed by atoms with Crippen LogP contribution in [0.15, 0.2) is 53.4 Å². The average Bonchev–Trinajstić information content (AvgIpc) is 3.20. The van der Waals surface area contributed by atoms with Crippen molar-refractivity contribution in [1.29, 1.82) is 0 Å². The van der Waals surface area contributed by atoms with E-state index in [1.807, 2.05) is 0 Å². The van der Waals surface area contributed by atoms with E-state index < -0.39 is 33.9 Å². The van der Waals surface area contributed by atoms with E-state index in [-0.39, 0.29) is 50.4 Å². The van der Waals surface area contributed by atoms with Gasteiger partial charge in [0.2, 0.25) is 0 Å². The Kier molecular flexibility index (Phi) is 9.67. The summed E-state index contributed by atoms with van der Waals surface area (Å²) in [6.07, 6.45) is -0.986. The van der Waals surface area contributed by atoms with E-state index >= 15 is 0 Å². The molecular weight excluding hydrogens is 570 g/mol. The zero-order valence-corrected chi connectivity index (χ0v) is 23.4. The van der Waals surface area contributed by atoms with E-state index in [4.69, 9.17) is 21.1 Å². The van der Waals surface area contributed by atoms with Crippen LogP contribution in [0.1, 0.15) is 49.8 Å². The first-order chi connectivity index (χ1) is 18.5. The van der Waals surface area contributed by atoms with Crippen LogP contribution in [0.4, 0.5) is 15.5 Å². The molecule has 0 fully saturated rings. The lowest BCUT2D eigenvalue weighted by atomic mass is 10.1. The van der Waals surface area contributed by atoms with Crippen molar-refractivity contribution in [2.45, 2.75) is 25.7 Å². The molecule has 0 saturated carbocycles. The van der Waals surface area contributed by atoms with Gasteiger partial charge in [-0.25, -0.2) is 18.0 Å². The number of sulfonamides is 1. The summed E-state index contributed by atoms with van der Waals surface area (Å²) in [6, 6.07) is 11.1. The standard InChI is InChI=1S/C25H24ClN3O8S2/c1-4-36-24(32)20-14(3)19(22(31)28-25(33)37-5-2)23(38-20)27-21(30)15-6-10-17(11-7-15)29-39(34,35)18-12-8-16(26)9-13-18/h6-13,29H,4-5H2,1-3H3,(H,27,30)(H,28,31,33). The number of imide groups is 1. The number of esters is 1. The van der Waals surface area contributed by atoms with Crippen molar-refractivity contribution in [2.24, 2.45) is 0 Å². The van der Waals surface area contributed by atoms with Crippen LogP contribution in [-0.4, -0.2) is 45.5 Å². The molecule has 206 valence electrons. The van der Waals surface area contributed by atoms with Crippen molar-refractivity contribution in [3.63, 3.8) is 0 Å². The second-order valence-corrected chi connectivity index (χ2v) is 10.9. The van der Waals surface area contributed by atoms with E-state index in [1.54, 1.807) is 13.8 Å². The predicted molar refractivity (Wildman–Crippen MR) is 146 cm³/mol. The zero-order valence-electron chi connectivity index (χ0n) is 21.0. The lowest BCUT2D eigenvalue weighted by Crippen LogP contribution is -2.32. The van der Waals surface area contributed by atoms with Crippen LogP contribution in [0.25, 0.3) is 0 Å². The normalized spacial score (nSPS) is 10.9. The number of alkyl carbamates (subject to hydrolysis) is 1. The number of thiophene rings is 1. The fourth-order valence-corrected chi connectivity index (χ4v) is 5.56. The van der Waals surface area contributed by atoms with E-state index in [2.05, 4.69) is 15.4 Å². The molecule has 3 aromatic rings. The quantitative estimate of drug-likeness (QED) is 0.298. The van der Waals surface area contributed by atoms with Crippen LogP contribution < -0.4 is 15.4 Å². The van der Waals surface area contributed by atoms with Crippen LogP contribution in [0, 0.1) is 6.92 Å². The molecule has 11 nitrogen and oxygen atoms in total. The minimum Gasteiger partial charge on any atom is -0.462 e. The Morgan fingerprint density at radius 3 is 2.10 bits per heavy atom. The molecule has 14 heteroatoms. The maximum Gasteiger partial charge on any atom is 0.414 e. The number of halogens is 1. The summed E-state index contributed by atoms with van der Waals surface area (Å²) in [7, 11) is -3.89. The monoisotopic (exact) mass is 593 g/mol. The molecule has 1 heterocycles. The maximum absolute atomic E-state index is 13.0. The van der Waals surface area contributed by atoms with Gasteiger partial charge in [-0.2, -0.15) is 0 Å². The van der Waals surface area contributed by atoms with Crippen molar-refractivity contribution in [3.8, 4) is 0 Å². The molecule has 3 amide bonds. The lowest BCUT2D eigenvalue weighted by Gasteiger charge is -2.10. The molecular formula is C25H24ClN3O8S2. The van der Waals surface area contributed by atoms with Gasteiger partial charge in [-0.1, -0.05) is 11.6 Å². The molecule has 0 spiro atoms. The number of carbonyl (C=O) groups is 4. The van der Waals surface area contributed by atoms with E-state index in [0.29, 0.717) is 5.02 Å². The zero-order chi connectivity index (χ0) is 28.7. The smallest absolute Gasteiger partial charge is 0.414 e. The number of ether oxygens (including phenoxy) is 2. The average molecular weight is 594 g/mol. The topological polar surface area (TPSA) is 157 Å². The van der Waals surface area contributed by atoms with Gasteiger partial charge in [0.1, 0.15) is 9.88 Å². The summed E-state index contributed by atoms with van der Waals surface area (Å²) in [5.41, 5.74) is 0.441. The Balaban J connectivity index is 1.83. The largest absolute Gasteiger partial charge is 0.462 e. The van der Waals surface area contributed by atoms with Crippen LogP contribution in [0.5, 0.6) is 0 Å². The molecule has 1 aromatic heterocycles. The van der Waals surface area contributed by atoms with Gasteiger partial charge >= 0.3 is 12.1 Å². The third-order valence-electron chi connectivity index (χ3n) is 5.08. The van der Waals surface area contributed by atoms with Gasteiger partial charge in [-0.15, -0.1) is 11.3 Å². The van der Waals surface area contributed by atoms with Gasteiger partial charge < -0.3 is 14.8 Å². The molecule has 3 rings (SSSR count). The van der Waals surface area contributed by atoms with Crippen LogP contribution in [0.2, 0.25) is 5.02 Å². The van der Waals surface area contributed by atoms with Crippen molar-refractivity contribution in [3.05, 3.63) is 75.1 Å². The Morgan fingerprint density at radius 1 is 0.897 bits per heavy atom. The number of benzene rings is 2. The van der Waals surface area contributed by atoms with Crippen molar-refractivity contribution in [1.82, 2.24) is 5.32 Å². The Bertz CT molecular complexity index is 1500. The van der Waals surface area contributed by atoms with Crippen molar-refractivity contribution in [2.75, 3.05) is 23.3 Å². The number of anilines is 2. The third-order valence-corrected chi connectivity index (χ3v) is 7.91. The number of hydrogen-bond donors (Lipinski definition) is 3. The second-order valence-electron chi connectivity index (χ2n) is 7.75. The van der Waals surface area contributed by atoms with Gasteiger partial charge in [-0.05, 0) is 74.9 Å². The molecule has 0 aliphatic carbocycles. The highest BCUT2D eigenvalue weighted by Crippen LogP contribution is 2.34. The highest BCUT2D eigenvalue weighted by molar-refractivity contribution is 7.92. The van der Waals surface area contributed by atoms with E-state index in [9.17, 15) is 27.6 Å². The summed E-state index contributed by atoms with van der Waals surface area (Å²) in [5, 5.41) is 5.03. The van der Waals surface area contributed by atoms with Gasteiger partial charge in [0.05, 0.1) is 23.7 Å². The minimum absolute atomic E-state index is 0.00723. The number of amides is 3. The SMILES string of the molecule is CCOC(=O)NC(=O)c1c(NC(=O)c2ccc(NS(=O)(=O)c3ccc(Cl)cc3)cc2)sc(C(=O)OCC)c1C. The summed E-state index contributed by atoms with van der Waals surface area (Å²) in [5.74, 6) is -2.22. The first-order valence-corrected chi connectivity index (χ1v) is 14.1. The first-order valence-electron chi connectivity index (χ1n) is 11.4. The van der Waals surface area contributed by atoms with Gasteiger partial charge in [0.15, 0.2) is 0 Å². The predicted octanol–water partition coefficient (Wildman–Crippen LogP) is 4.83. The molecule has 0 unspecified atom stereocenters. The first kappa shape index (κ1) is 29.6. The lowest BCUT2D eigenvalue weighted by molar-refractivity contribution is 0.0531. The fraction of sp³-hybridized carbons (Fsp3) is 0.200. The molecule has 0 radical (unpaired) electrons. The Hall–Kier alpha value is -3.94. The number of carbonyl (C=O) groups excluding carboxylic acids is 4. The number of rotatable bonds is 9. The Labute approximate surface area is 233 Å².